The fraction of sp³-hybridized carbons (Fsp3) is 0.500. The lowest BCUT2D eigenvalue weighted by Gasteiger charge is -2.20. The van der Waals surface area contributed by atoms with Gasteiger partial charge in [-0.15, -0.1) is 0 Å². The first kappa shape index (κ1) is 42.0. The van der Waals surface area contributed by atoms with Crippen molar-refractivity contribution in [2.45, 2.75) is 90.2 Å². The molecule has 1 atom stereocenters. The zero-order chi connectivity index (χ0) is 34.1. The molecule has 0 radical (unpaired) electrons. The Bertz CT molecular complexity index is 1050. The van der Waals surface area contributed by atoms with E-state index in [2.05, 4.69) is 78.3 Å². The van der Waals surface area contributed by atoms with Gasteiger partial charge in [-0.05, 0) is 64.7 Å². The standard InChI is InChI=1S/C36H54N2O8/c1-3-5-6-7-8-9-10-11-12-13-14-15-16-17-18-19-20-21-22-25-34(42)38-32(36(44)46-31(29-39)30-40)24-23-28-37-33(41)26-27-35(43)45-4-2/h5-6,8-9,11-12,14-15,17-18,20-21,26-27,31-32,39-40H,3-4,7,10,13,16,19,22-25,28-30H2,1-2H3,(H,37,41)(H,38,42)/b6-5-,9-8-,12-11-,15-14-,18-17-,21-20-,27-26+. The van der Waals surface area contributed by atoms with Gasteiger partial charge in [0.05, 0.1) is 19.8 Å². The quantitative estimate of drug-likeness (QED) is 0.0452. The predicted molar refractivity (Wildman–Crippen MR) is 181 cm³/mol. The van der Waals surface area contributed by atoms with Crippen molar-refractivity contribution in [3.63, 3.8) is 0 Å². The van der Waals surface area contributed by atoms with E-state index in [1.165, 1.54) is 0 Å². The molecule has 2 amide bonds. The van der Waals surface area contributed by atoms with Crippen LogP contribution in [-0.2, 0) is 28.7 Å². The number of nitrogens with one attached hydrogen (secondary N) is 2. The SMILES string of the molecule is CC/C=C\C/C=C\C/C=C\C/C=C\C/C=C\C/C=C\CCC(=O)NC(CCCNC(=O)/C=C/C(=O)OCC)C(=O)OC(CO)CO. The summed E-state index contributed by atoms with van der Waals surface area (Å²) in [6.45, 7) is 3.03. The minimum absolute atomic E-state index is 0.149. The monoisotopic (exact) mass is 642 g/mol. The fourth-order valence-electron chi connectivity index (χ4n) is 3.66. The molecule has 0 heterocycles. The van der Waals surface area contributed by atoms with Crippen LogP contribution in [0, 0.1) is 0 Å². The third-order valence-electron chi connectivity index (χ3n) is 6.07. The fourth-order valence-corrected chi connectivity index (χ4v) is 3.66. The summed E-state index contributed by atoms with van der Waals surface area (Å²) in [6, 6.07) is -1.02. The van der Waals surface area contributed by atoms with Crippen LogP contribution < -0.4 is 10.6 Å². The number of esters is 2. The molecule has 0 aliphatic rings. The average Bonchev–Trinajstić information content (AvgIpc) is 3.05. The molecular formula is C36H54N2O8. The molecule has 0 spiro atoms. The molecule has 10 heteroatoms. The van der Waals surface area contributed by atoms with Gasteiger partial charge in [0, 0.05) is 25.1 Å². The molecule has 0 rings (SSSR count). The van der Waals surface area contributed by atoms with E-state index in [1.807, 2.05) is 12.2 Å². The Hall–Kier alpha value is -4.02. The van der Waals surface area contributed by atoms with Gasteiger partial charge in [0.1, 0.15) is 12.1 Å². The maximum Gasteiger partial charge on any atom is 0.330 e. The maximum atomic E-state index is 12.6. The minimum atomic E-state index is -1.10. The topological polar surface area (TPSA) is 151 Å². The number of hydrogen-bond acceptors (Lipinski definition) is 8. The summed E-state index contributed by atoms with van der Waals surface area (Å²) >= 11 is 0. The molecule has 0 aromatic rings. The van der Waals surface area contributed by atoms with Crippen LogP contribution >= 0.6 is 0 Å². The van der Waals surface area contributed by atoms with E-state index in [0.717, 1.165) is 50.7 Å². The Morgan fingerprint density at radius 2 is 1.24 bits per heavy atom. The van der Waals surface area contributed by atoms with Gasteiger partial charge in [0.2, 0.25) is 11.8 Å². The highest BCUT2D eigenvalue weighted by Crippen LogP contribution is 2.05. The molecule has 0 aliphatic heterocycles. The largest absolute Gasteiger partial charge is 0.463 e. The van der Waals surface area contributed by atoms with E-state index in [0.29, 0.717) is 12.8 Å². The van der Waals surface area contributed by atoms with Crippen LogP contribution in [0.25, 0.3) is 0 Å². The molecule has 10 nitrogen and oxygen atoms in total. The molecule has 46 heavy (non-hydrogen) atoms. The van der Waals surface area contributed by atoms with E-state index >= 15 is 0 Å². The molecule has 4 N–H and O–H groups in total. The van der Waals surface area contributed by atoms with E-state index in [-0.39, 0.29) is 31.9 Å². The van der Waals surface area contributed by atoms with Gasteiger partial charge >= 0.3 is 11.9 Å². The number of amides is 2. The summed E-state index contributed by atoms with van der Waals surface area (Å²) in [4.78, 5) is 48.2. The number of aliphatic hydroxyl groups excluding tert-OH is 2. The molecule has 0 aromatic heterocycles. The van der Waals surface area contributed by atoms with Crippen molar-refractivity contribution >= 4 is 23.8 Å². The molecule has 0 aromatic carbocycles. The number of ether oxygens (including phenoxy) is 2. The van der Waals surface area contributed by atoms with Gasteiger partial charge < -0.3 is 30.3 Å². The average molecular weight is 643 g/mol. The van der Waals surface area contributed by atoms with Crippen molar-refractivity contribution in [1.82, 2.24) is 10.6 Å². The number of allylic oxidation sites excluding steroid dienone is 12. The number of carbonyl (C=O) groups is 4. The maximum absolute atomic E-state index is 12.6. The number of aliphatic hydroxyl groups is 2. The Kier molecular flexibility index (Phi) is 28.3. The van der Waals surface area contributed by atoms with Crippen LogP contribution in [0.4, 0.5) is 0 Å². The summed E-state index contributed by atoms with van der Waals surface area (Å²) in [7, 11) is 0. The minimum Gasteiger partial charge on any atom is -0.463 e. The Balaban J connectivity index is 4.44. The zero-order valence-electron chi connectivity index (χ0n) is 27.5. The second kappa shape index (κ2) is 31.0. The van der Waals surface area contributed by atoms with Gasteiger partial charge in [-0.1, -0.05) is 79.8 Å². The summed E-state index contributed by atoms with van der Waals surface area (Å²) in [6.07, 6.45) is 32.9. The third kappa shape index (κ3) is 26.4. The van der Waals surface area contributed by atoms with E-state index in [1.54, 1.807) is 6.92 Å². The second-order valence-corrected chi connectivity index (χ2v) is 10.0. The molecule has 0 aliphatic carbocycles. The van der Waals surface area contributed by atoms with Crippen LogP contribution in [0.15, 0.2) is 85.1 Å². The van der Waals surface area contributed by atoms with Crippen molar-refractivity contribution in [3.8, 4) is 0 Å². The van der Waals surface area contributed by atoms with Crippen molar-refractivity contribution in [3.05, 3.63) is 85.1 Å². The Labute approximate surface area is 274 Å². The normalized spacial score (nSPS) is 13.0. The summed E-state index contributed by atoms with van der Waals surface area (Å²) < 4.78 is 9.79. The summed E-state index contributed by atoms with van der Waals surface area (Å²) in [5, 5.41) is 23.7. The van der Waals surface area contributed by atoms with Crippen molar-refractivity contribution in [2.24, 2.45) is 0 Å². The highest BCUT2D eigenvalue weighted by atomic mass is 16.6. The number of carbonyl (C=O) groups excluding carboxylic acids is 4. The van der Waals surface area contributed by atoms with Crippen LogP contribution in [-0.4, -0.2) is 72.5 Å². The lowest BCUT2D eigenvalue weighted by Crippen LogP contribution is -2.44. The molecule has 0 saturated carbocycles. The van der Waals surface area contributed by atoms with Crippen LogP contribution in [0.1, 0.15) is 78.1 Å². The smallest absolute Gasteiger partial charge is 0.330 e. The number of rotatable bonds is 26. The van der Waals surface area contributed by atoms with Gasteiger partial charge in [-0.25, -0.2) is 9.59 Å². The van der Waals surface area contributed by atoms with Crippen LogP contribution in [0.3, 0.4) is 0 Å². The lowest BCUT2D eigenvalue weighted by molar-refractivity contribution is -0.157. The number of hydrogen-bond donors (Lipinski definition) is 4. The van der Waals surface area contributed by atoms with Crippen molar-refractivity contribution in [2.75, 3.05) is 26.4 Å². The van der Waals surface area contributed by atoms with Gasteiger partial charge in [0.25, 0.3) is 0 Å². The van der Waals surface area contributed by atoms with E-state index in [4.69, 9.17) is 9.47 Å². The molecule has 0 saturated heterocycles. The Morgan fingerprint density at radius 1 is 0.717 bits per heavy atom. The van der Waals surface area contributed by atoms with Gasteiger partial charge in [-0.2, -0.15) is 0 Å². The first-order chi connectivity index (χ1) is 22.4. The van der Waals surface area contributed by atoms with Crippen molar-refractivity contribution < 1.29 is 38.9 Å². The van der Waals surface area contributed by atoms with E-state index < -0.39 is 43.2 Å². The first-order valence-corrected chi connectivity index (χ1v) is 16.1. The predicted octanol–water partition coefficient (Wildman–Crippen LogP) is 4.86. The molecule has 0 fully saturated rings. The zero-order valence-corrected chi connectivity index (χ0v) is 27.5. The molecular weight excluding hydrogens is 588 g/mol. The third-order valence-corrected chi connectivity index (χ3v) is 6.07. The molecule has 0 bridgehead atoms. The van der Waals surface area contributed by atoms with Crippen LogP contribution in [0.5, 0.6) is 0 Å². The summed E-state index contributed by atoms with van der Waals surface area (Å²) in [5.74, 6) is -2.28. The highest BCUT2D eigenvalue weighted by Gasteiger charge is 2.24. The van der Waals surface area contributed by atoms with E-state index in [9.17, 15) is 29.4 Å². The molecule has 1 unspecified atom stereocenters. The van der Waals surface area contributed by atoms with Gasteiger partial charge in [0.15, 0.2) is 0 Å². The van der Waals surface area contributed by atoms with Crippen molar-refractivity contribution in [1.29, 1.82) is 0 Å². The highest BCUT2D eigenvalue weighted by molar-refractivity contribution is 5.94. The second-order valence-electron chi connectivity index (χ2n) is 10.0. The Morgan fingerprint density at radius 3 is 1.74 bits per heavy atom. The first-order valence-electron chi connectivity index (χ1n) is 16.1. The summed E-state index contributed by atoms with van der Waals surface area (Å²) in [5.41, 5.74) is 0. The lowest BCUT2D eigenvalue weighted by atomic mass is 10.1. The van der Waals surface area contributed by atoms with Crippen LogP contribution in [0.2, 0.25) is 0 Å². The van der Waals surface area contributed by atoms with Gasteiger partial charge in [-0.3, -0.25) is 9.59 Å². The molecule has 256 valence electrons.